The van der Waals surface area contributed by atoms with Crippen molar-refractivity contribution in [2.24, 2.45) is 5.73 Å². The molecule has 0 saturated carbocycles. The van der Waals surface area contributed by atoms with Gasteiger partial charge in [0.2, 0.25) is 0 Å². The van der Waals surface area contributed by atoms with Gasteiger partial charge in [-0.05, 0) is 30.0 Å². The van der Waals surface area contributed by atoms with E-state index in [4.69, 9.17) is 10.5 Å². The van der Waals surface area contributed by atoms with Gasteiger partial charge in [-0.25, -0.2) is 0 Å². The molecule has 2 rings (SSSR count). The van der Waals surface area contributed by atoms with E-state index in [0.717, 1.165) is 17.5 Å². The number of non-ortho nitro benzene ring substituents is 1. The third kappa shape index (κ3) is 4.29. The summed E-state index contributed by atoms with van der Waals surface area (Å²) >= 11 is 0. The van der Waals surface area contributed by atoms with Crippen LogP contribution in [0, 0.1) is 10.1 Å². The fourth-order valence-corrected chi connectivity index (χ4v) is 2.28. The number of hydrogen-bond acceptors (Lipinski definition) is 4. The van der Waals surface area contributed by atoms with Crippen molar-refractivity contribution in [2.45, 2.75) is 18.9 Å². The van der Waals surface area contributed by atoms with Crippen LogP contribution >= 0.6 is 0 Å². The standard InChI is InChI=1S/C16H18N2O3/c1-21-16-10-13(9-15(11-16)18(19)20)8-14(17)7-12-5-3-2-4-6-12/h2-6,9-11,14H,7-8,17H2,1H3. The molecule has 1 atom stereocenters. The summed E-state index contributed by atoms with van der Waals surface area (Å²) in [6, 6.07) is 14.6. The van der Waals surface area contributed by atoms with E-state index in [9.17, 15) is 10.1 Å². The molecule has 110 valence electrons. The highest BCUT2D eigenvalue weighted by Crippen LogP contribution is 2.23. The van der Waals surface area contributed by atoms with Crippen molar-refractivity contribution >= 4 is 5.69 Å². The lowest BCUT2D eigenvalue weighted by Gasteiger charge is -2.12. The molecule has 0 aromatic heterocycles. The van der Waals surface area contributed by atoms with E-state index in [0.29, 0.717) is 12.2 Å². The van der Waals surface area contributed by atoms with Gasteiger partial charge in [-0.3, -0.25) is 10.1 Å². The number of nitro benzene ring substituents is 1. The molecule has 0 radical (unpaired) electrons. The highest BCUT2D eigenvalue weighted by Gasteiger charge is 2.13. The van der Waals surface area contributed by atoms with Gasteiger partial charge in [0.05, 0.1) is 18.1 Å². The van der Waals surface area contributed by atoms with Crippen molar-refractivity contribution in [3.8, 4) is 5.75 Å². The van der Waals surface area contributed by atoms with E-state index < -0.39 is 4.92 Å². The van der Waals surface area contributed by atoms with Crippen LogP contribution in [0.3, 0.4) is 0 Å². The number of benzene rings is 2. The third-order valence-electron chi connectivity index (χ3n) is 3.24. The van der Waals surface area contributed by atoms with Gasteiger partial charge < -0.3 is 10.5 Å². The minimum Gasteiger partial charge on any atom is -0.496 e. The quantitative estimate of drug-likeness (QED) is 0.654. The Morgan fingerprint density at radius 1 is 1.14 bits per heavy atom. The summed E-state index contributed by atoms with van der Waals surface area (Å²) in [4.78, 5) is 10.5. The minimum atomic E-state index is -0.422. The Hall–Kier alpha value is -2.40. The Morgan fingerprint density at radius 2 is 1.81 bits per heavy atom. The smallest absolute Gasteiger partial charge is 0.273 e. The maximum Gasteiger partial charge on any atom is 0.273 e. The van der Waals surface area contributed by atoms with Crippen LogP contribution in [-0.4, -0.2) is 18.1 Å². The lowest BCUT2D eigenvalue weighted by molar-refractivity contribution is -0.385. The number of hydrogen-bond donors (Lipinski definition) is 1. The monoisotopic (exact) mass is 286 g/mol. The van der Waals surface area contributed by atoms with Crippen LogP contribution in [0.4, 0.5) is 5.69 Å². The maximum atomic E-state index is 10.9. The normalized spacial score (nSPS) is 11.9. The van der Waals surface area contributed by atoms with Crippen LogP contribution in [0.1, 0.15) is 11.1 Å². The van der Waals surface area contributed by atoms with Gasteiger partial charge >= 0.3 is 0 Å². The molecule has 0 fully saturated rings. The molecule has 1 unspecified atom stereocenters. The predicted molar refractivity (Wildman–Crippen MR) is 81.5 cm³/mol. The Balaban J connectivity index is 2.11. The summed E-state index contributed by atoms with van der Waals surface area (Å²) in [5.41, 5.74) is 8.13. The lowest BCUT2D eigenvalue weighted by atomic mass is 9.99. The molecule has 0 bridgehead atoms. The second kappa shape index (κ2) is 6.85. The zero-order chi connectivity index (χ0) is 15.2. The first-order chi connectivity index (χ1) is 10.1. The van der Waals surface area contributed by atoms with Crippen molar-refractivity contribution in [3.05, 3.63) is 69.8 Å². The first kappa shape index (κ1) is 15.0. The van der Waals surface area contributed by atoms with Gasteiger partial charge in [-0.1, -0.05) is 30.3 Å². The van der Waals surface area contributed by atoms with Crippen molar-refractivity contribution in [2.75, 3.05) is 7.11 Å². The van der Waals surface area contributed by atoms with Crippen LogP contribution in [0.15, 0.2) is 48.5 Å². The van der Waals surface area contributed by atoms with Crippen LogP contribution < -0.4 is 10.5 Å². The van der Waals surface area contributed by atoms with Gasteiger partial charge in [0.25, 0.3) is 5.69 Å². The Morgan fingerprint density at radius 3 is 2.43 bits per heavy atom. The van der Waals surface area contributed by atoms with Gasteiger partial charge in [0.1, 0.15) is 5.75 Å². The summed E-state index contributed by atoms with van der Waals surface area (Å²) in [6.07, 6.45) is 1.29. The molecular weight excluding hydrogens is 268 g/mol. The Labute approximate surface area is 123 Å². The van der Waals surface area contributed by atoms with E-state index >= 15 is 0 Å². The molecule has 0 aliphatic heterocycles. The summed E-state index contributed by atoms with van der Waals surface area (Å²) in [6.45, 7) is 0. The van der Waals surface area contributed by atoms with Crippen molar-refractivity contribution in [3.63, 3.8) is 0 Å². The fourth-order valence-electron chi connectivity index (χ4n) is 2.28. The minimum absolute atomic E-state index is 0.0243. The van der Waals surface area contributed by atoms with Crippen molar-refractivity contribution < 1.29 is 9.66 Å². The number of nitrogens with zero attached hydrogens (tertiary/aromatic N) is 1. The molecule has 0 amide bonds. The summed E-state index contributed by atoms with van der Waals surface area (Å²) in [7, 11) is 1.49. The zero-order valence-electron chi connectivity index (χ0n) is 11.9. The second-order valence-corrected chi connectivity index (χ2v) is 4.95. The van der Waals surface area contributed by atoms with Crippen LogP contribution in [0.5, 0.6) is 5.75 Å². The molecule has 0 saturated heterocycles. The van der Waals surface area contributed by atoms with E-state index in [1.807, 2.05) is 30.3 Å². The highest BCUT2D eigenvalue weighted by atomic mass is 16.6. The molecule has 0 heterocycles. The number of rotatable bonds is 6. The molecule has 5 heteroatoms. The number of nitro groups is 1. The topological polar surface area (TPSA) is 78.4 Å². The predicted octanol–water partition coefficient (Wildman–Crippen LogP) is 2.72. The number of nitrogens with two attached hydrogens (primary N) is 1. The summed E-state index contributed by atoms with van der Waals surface area (Å²) < 4.78 is 5.10. The Kier molecular flexibility index (Phi) is 4.90. The first-order valence-electron chi connectivity index (χ1n) is 6.70. The third-order valence-corrected chi connectivity index (χ3v) is 3.24. The van der Waals surface area contributed by atoms with Gasteiger partial charge in [0, 0.05) is 12.1 Å². The summed E-state index contributed by atoms with van der Waals surface area (Å²) in [5.74, 6) is 0.478. The van der Waals surface area contributed by atoms with Crippen molar-refractivity contribution in [1.29, 1.82) is 0 Å². The molecule has 2 aromatic rings. The largest absolute Gasteiger partial charge is 0.496 e. The van der Waals surface area contributed by atoms with Crippen molar-refractivity contribution in [1.82, 2.24) is 0 Å². The average Bonchev–Trinajstić information content (AvgIpc) is 2.47. The van der Waals surface area contributed by atoms with E-state index in [-0.39, 0.29) is 11.7 Å². The molecule has 0 aliphatic rings. The SMILES string of the molecule is COc1cc(CC(N)Cc2ccccc2)cc([N+](=O)[O-])c1. The molecular formula is C16H18N2O3. The molecule has 0 aliphatic carbocycles. The van der Waals surface area contributed by atoms with Gasteiger partial charge in [-0.2, -0.15) is 0 Å². The Bertz CT molecular complexity index is 614. The molecule has 0 spiro atoms. The average molecular weight is 286 g/mol. The van der Waals surface area contributed by atoms with Gasteiger partial charge in [-0.15, -0.1) is 0 Å². The number of methoxy groups -OCH3 is 1. The van der Waals surface area contributed by atoms with Crippen LogP contribution in [0.25, 0.3) is 0 Å². The zero-order valence-corrected chi connectivity index (χ0v) is 11.9. The fraction of sp³-hybridized carbons (Fsp3) is 0.250. The molecule has 5 nitrogen and oxygen atoms in total. The molecule has 21 heavy (non-hydrogen) atoms. The van der Waals surface area contributed by atoms with Gasteiger partial charge in [0.15, 0.2) is 0 Å². The van der Waals surface area contributed by atoms with E-state index in [1.54, 1.807) is 12.1 Å². The molecule has 2 aromatic carbocycles. The van der Waals surface area contributed by atoms with Crippen LogP contribution in [-0.2, 0) is 12.8 Å². The van der Waals surface area contributed by atoms with E-state index in [2.05, 4.69) is 0 Å². The summed E-state index contributed by atoms with van der Waals surface area (Å²) in [5, 5.41) is 10.9. The first-order valence-corrected chi connectivity index (χ1v) is 6.70. The van der Waals surface area contributed by atoms with Crippen LogP contribution in [0.2, 0.25) is 0 Å². The maximum absolute atomic E-state index is 10.9. The second-order valence-electron chi connectivity index (χ2n) is 4.95. The lowest BCUT2D eigenvalue weighted by Crippen LogP contribution is -2.25. The molecule has 2 N–H and O–H groups in total. The number of ether oxygens (including phenoxy) is 1. The highest BCUT2D eigenvalue weighted by molar-refractivity contribution is 5.43. The van der Waals surface area contributed by atoms with E-state index in [1.165, 1.54) is 13.2 Å².